The van der Waals surface area contributed by atoms with Crippen molar-refractivity contribution < 1.29 is 23.3 Å². The highest BCUT2D eigenvalue weighted by Gasteiger charge is 2.35. The molecular weight excluding hydrogens is 468 g/mol. The number of hydrogen-bond donors (Lipinski definition) is 1. The Kier molecular flexibility index (Phi) is 5.46. The van der Waals surface area contributed by atoms with Crippen molar-refractivity contribution in [1.82, 2.24) is 5.48 Å². The van der Waals surface area contributed by atoms with Gasteiger partial charge in [-0.2, -0.15) is 0 Å². The molecule has 0 aliphatic carbocycles. The lowest BCUT2D eigenvalue weighted by Crippen LogP contribution is -2.18. The first-order valence-electron chi connectivity index (χ1n) is 10.5. The number of sulfone groups is 1. The van der Waals surface area contributed by atoms with Gasteiger partial charge in [-0.25, -0.2) is 13.9 Å². The Morgan fingerprint density at radius 2 is 1.49 bits per heavy atom. The molecule has 0 saturated carbocycles. The summed E-state index contributed by atoms with van der Waals surface area (Å²) in [5.74, 6) is -0.685. The van der Waals surface area contributed by atoms with Crippen molar-refractivity contribution in [3.8, 4) is 0 Å². The molecule has 8 nitrogen and oxygen atoms in total. The zero-order valence-corrected chi connectivity index (χ0v) is 18.9. The Morgan fingerprint density at radius 1 is 0.829 bits per heavy atom. The molecule has 4 aromatic carbocycles. The maximum absolute atomic E-state index is 13.7. The Hall–Kier alpha value is -4.63. The van der Waals surface area contributed by atoms with E-state index in [1.165, 1.54) is 36.4 Å². The zero-order chi connectivity index (χ0) is 24.6. The van der Waals surface area contributed by atoms with Crippen LogP contribution in [0.15, 0.2) is 113 Å². The van der Waals surface area contributed by atoms with Gasteiger partial charge in [0.25, 0.3) is 5.69 Å². The van der Waals surface area contributed by atoms with Crippen LogP contribution in [-0.2, 0) is 14.7 Å². The second-order valence-electron chi connectivity index (χ2n) is 7.75. The first kappa shape index (κ1) is 22.2. The summed E-state index contributed by atoms with van der Waals surface area (Å²) in [7, 11) is -4.21. The number of rotatable bonds is 5. The lowest BCUT2D eigenvalue weighted by molar-refractivity contribution is -0.384. The average Bonchev–Trinajstić information content (AvgIpc) is 3.35. The van der Waals surface area contributed by atoms with Crippen molar-refractivity contribution in [2.75, 3.05) is 0 Å². The quantitative estimate of drug-likeness (QED) is 0.256. The van der Waals surface area contributed by atoms with Gasteiger partial charge in [-0.05, 0) is 46.7 Å². The molecule has 0 atom stereocenters. The van der Waals surface area contributed by atoms with Gasteiger partial charge in [-0.15, -0.1) is 0 Å². The summed E-state index contributed by atoms with van der Waals surface area (Å²) >= 11 is 0. The first-order chi connectivity index (χ1) is 16.9. The molecular formula is C26H17N2O6S-. The summed E-state index contributed by atoms with van der Waals surface area (Å²) in [5, 5.41) is 26.3. The number of nitro groups is 1. The van der Waals surface area contributed by atoms with Crippen LogP contribution < -0.4 is 10.6 Å². The van der Waals surface area contributed by atoms with Gasteiger partial charge in [0.2, 0.25) is 9.84 Å². The molecule has 0 radical (unpaired) electrons. The molecule has 5 rings (SSSR count). The van der Waals surface area contributed by atoms with Crippen molar-refractivity contribution in [2.45, 2.75) is 4.90 Å². The third-order valence-electron chi connectivity index (χ3n) is 5.59. The summed E-state index contributed by atoms with van der Waals surface area (Å²) in [6.45, 7) is 0. The number of benzene rings is 4. The van der Waals surface area contributed by atoms with Gasteiger partial charge in [-0.1, -0.05) is 60.4 Å². The second-order valence-corrected chi connectivity index (χ2v) is 9.64. The molecule has 1 heterocycles. The van der Waals surface area contributed by atoms with Gasteiger partial charge in [0, 0.05) is 17.7 Å². The van der Waals surface area contributed by atoms with E-state index < -0.39 is 20.5 Å². The average molecular weight is 485 g/mol. The number of hydrogen-bond acceptors (Lipinski definition) is 7. The predicted molar refractivity (Wildman–Crippen MR) is 129 cm³/mol. The van der Waals surface area contributed by atoms with Gasteiger partial charge < -0.3 is 9.94 Å². The summed E-state index contributed by atoms with van der Waals surface area (Å²) < 4.78 is 27.4. The third-order valence-corrected chi connectivity index (χ3v) is 7.41. The topological polar surface area (TPSA) is 122 Å². The molecule has 0 bridgehead atoms. The van der Waals surface area contributed by atoms with Gasteiger partial charge in [-0.3, -0.25) is 10.1 Å². The molecule has 1 aliphatic rings. The molecule has 9 heteroatoms. The molecule has 0 unspecified atom stereocenters. The number of non-ortho nitro benzene ring substituents is 1. The van der Waals surface area contributed by atoms with Crippen LogP contribution in [0, 0.1) is 10.1 Å². The highest BCUT2D eigenvalue weighted by molar-refractivity contribution is 7.95. The van der Waals surface area contributed by atoms with Crippen molar-refractivity contribution in [2.24, 2.45) is 0 Å². The van der Waals surface area contributed by atoms with E-state index in [1.54, 1.807) is 36.4 Å². The molecule has 174 valence electrons. The predicted octanol–water partition coefficient (Wildman–Crippen LogP) is 4.15. The van der Waals surface area contributed by atoms with Crippen LogP contribution >= 0.6 is 0 Å². The van der Waals surface area contributed by atoms with Gasteiger partial charge in [0.15, 0.2) is 5.76 Å². The van der Waals surface area contributed by atoms with Crippen LogP contribution in [0.1, 0.15) is 11.1 Å². The van der Waals surface area contributed by atoms with Crippen LogP contribution in [-0.4, -0.2) is 13.3 Å². The fraction of sp³-hybridized carbons (Fsp3) is 0. The molecule has 0 saturated heterocycles. The minimum atomic E-state index is -4.21. The fourth-order valence-corrected chi connectivity index (χ4v) is 5.39. The van der Waals surface area contributed by atoms with Gasteiger partial charge in [0.1, 0.15) is 4.91 Å². The molecule has 4 aromatic rings. The van der Waals surface area contributed by atoms with Crippen molar-refractivity contribution in [3.05, 3.63) is 129 Å². The lowest BCUT2D eigenvalue weighted by atomic mass is 10.0. The Morgan fingerprint density at radius 3 is 2.17 bits per heavy atom. The Bertz CT molecular complexity index is 1630. The molecule has 0 spiro atoms. The molecule has 0 aromatic heterocycles. The van der Waals surface area contributed by atoms with E-state index >= 15 is 0 Å². The van der Waals surface area contributed by atoms with E-state index in [2.05, 4.69) is 5.48 Å². The Balaban J connectivity index is 1.73. The van der Waals surface area contributed by atoms with Gasteiger partial charge >= 0.3 is 0 Å². The van der Waals surface area contributed by atoms with Gasteiger partial charge in [0.05, 0.1) is 15.5 Å². The van der Waals surface area contributed by atoms with Crippen LogP contribution in [0.3, 0.4) is 0 Å². The van der Waals surface area contributed by atoms with E-state index in [-0.39, 0.29) is 38.1 Å². The fourth-order valence-electron chi connectivity index (χ4n) is 3.83. The third kappa shape index (κ3) is 3.98. The summed E-state index contributed by atoms with van der Waals surface area (Å²) in [6, 6.07) is 25.5. The largest absolute Gasteiger partial charge is 0.871 e. The standard InChI is InChI=1S/C26H18N2O6S/c29-24(20-11-10-17-6-4-5-7-19(17)16-20)23-26(35(32,33)22-8-2-1-3-9-22)25(34-27-23)18-12-14-21(15-13-18)28(30)31/h1-16,27,29H/p-1. The minimum Gasteiger partial charge on any atom is -0.871 e. The molecule has 35 heavy (non-hydrogen) atoms. The summed E-state index contributed by atoms with van der Waals surface area (Å²) in [4.78, 5) is 15.6. The number of nitrogens with one attached hydrogen (secondary N) is 1. The second kappa shape index (κ2) is 8.62. The molecule has 0 amide bonds. The van der Waals surface area contributed by atoms with Crippen molar-refractivity contribution in [3.63, 3.8) is 0 Å². The Labute approximate surface area is 200 Å². The summed E-state index contributed by atoms with van der Waals surface area (Å²) in [5.41, 5.74) is 2.63. The van der Waals surface area contributed by atoms with Crippen LogP contribution in [0.4, 0.5) is 5.69 Å². The summed E-state index contributed by atoms with van der Waals surface area (Å²) in [6.07, 6.45) is 0. The van der Waals surface area contributed by atoms with Crippen LogP contribution in [0.5, 0.6) is 0 Å². The monoisotopic (exact) mass is 485 g/mol. The number of hydroxylamine groups is 1. The van der Waals surface area contributed by atoms with E-state index in [9.17, 15) is 23.6 Å². The molecule has 1 N–H and O–H groups in total. The van der Waals surface area contributed by atoms with E-state index in [0.29, 0.717) is 0 Å². The highest BCUT2D eigenvalue weighted by atomic mass is 32.2. The SMILES string of the molecule is O=[N+]([O-])c1ccc(C2=C(S(=O)(=O)c3ccccc3)C(=C([O-])c3ccc4ccccc4c3)NO2)cc1. The maximum atomic E-state index is 13.7. The molecule has 1 aliphatic heterocycles. The van der Waals surface area contributed by atoms with E-state index in [1.807, 2.05) is 24.3 Å². The van der Waals surface area contributed by atoms with E-state index in [0.717, 1.165) is 10.8 Å². The zero-order valence-electron chi connectivity index (χ0n) is 18.0. The highest BCUT2D eigenvalue weighted by Crippen LogP contribution is 2.39. The maximum Gasteiger partial charge on any atom is 0.269 e. The minimum absolute atomic E-state index is 0.0227. The van der Waals surface area contributed by atoms with E-state index in [4.69, 9.17) is 4.84 Å². The number of nitro benzene ring substituents is 1. The van der Waals surface area contributed by atoms with Crippen LogP contribution in [0.25, 0.3) is 22.3 Å². The van der Waals surface area contributed by atoms with Crippen molar-refractivity contribution >= 4 is 37.8 Å². The smallest absolute Gasteiger partial charge is 0.269 e. The lowest BCUT2D eigenvalue weighted by Gasteiger charge is -2.18. The molecule has 0 fully saturated rings. The number of fused-ring (bicyclic) bond motifs is 1. The number of nitrogens with zero attached hydrogens (tertiary/aromatic N) is 1. The normalized spacial score (nSPS) is 15.0. The first-order valence-corrected chi connectivity index (χ1v) is 12.0. The van der Waals surface area contributed by atoms with Crippen molar-refractivity contribution in [1.29, 1.82) is 0 Å². The van der Waals surface area contributed by atoms with Crippen LogP contribution in [0.2, 0.25) is 0 Å².